The monoisotopic (exact) mass is 275 g/mol. The molecule has 3 nitrogen and oxygen atoms in total. The predicted molar refractivity (Wildman–Crippen MR) is 75.6 cm³/mol. The lowest BCUT2D eigenvalue weighted by Gasteiger charge is -2.36. The topological polar surface area (TPSA) is 21.7 Å². The van der Waals surface area contributed by atoms with Crippen molar-refractivity contribution >= 4 is 5.69 Å². The molecule has 0 amide bonds. The van der Waals surface area contributed by atoms with Crippen LogP contribution in [0.15, 0.2) is 12.1 Å². The van der Waals surface area contributed by atoms with Gasteiger partial charge in [-0.15, -0.1) is 6.42 Å². The highest BCUT2D eigenvalue weighted by atomic mass is 19.1. The molecule has 2 aliphatic heterocycles. The molecular weight excluding hydrogens is 257 g/mol. The van der Waals surface area contributed by atoms with E-state index in [9.17, 15) is 4.39 Å². The van der Waals surface area contributed by atoms with Gasteiger partial charge in [-0.1, -0.05) is 5.92 Å². The van der Waals surface area contributed by atoms with E-state index in [0.29, 0.717) is 37.7 Å². The maximum Gasteiger partial charge on any atom is 0.144 e. The van der Waals surface area contributed by atoms with Gasteiger partial charge in [-0.3, -0.25) is 0 Å². The summed E-state index contributed by atoms with van der Waals surface area (Å²) in [7, 11) is 0. The lowest BCUT2D eigenvalue weighted by Crippen LogP contribution is -2.46. The number of ether oxygens (including phenoxy) is 2. The van der Waals surface area contributed by atoms with Gasteiger partial charge in [0.15, 0.2) is 0 Å². The number of terminal acetylenes is 1. The molecule has 4 heteroatoms. The quantitative estimate of drug-likeness (QED) is 0.791. The summed E-state index contributed by atoms with van der Waals surface area (Å²) in [5.41, 5.74) is 1.05. The Balaban J connectivity index is 2.00. The molecule has 0 saturated carbocycles. The van der Waals surface area contributed by atoms with E-state index in [1.54, 1.807) is 0 Å². The minimum absolute atomic E-state index is 0.205. The lowest BCUT2D eigenvalue weighted by molar-refractivity contribution is 0.0906. The molecule has 2 heterocycles. The van der Waals surface area contributed by atoms with Crippen molar-refractivity contribution in [2.75, 3.05) is 24.7 Å². The van der Waals surface area contributed by atoms with Crippen LogP contribution in [0, 0.1) is 18.2 Å². The van der Waals surface area contributed by atoms with Gasteiger partial charge in [0.2, 0.25) is 0 Å². The van der Waals surface area contributed by atoms with Crippen molar-refractivity contribution in [2.45, 2.75) is 31.8 Å². The summed E-state index contributed by atoms with van der Waals surface area (Å²) in [6.07, 6.45) is 7.55. The van der Waals surface area contributed by atoms with Crippen LogP contribution in [-0.2, 0) is 4.74 Å². The Bertz CT molecular complexity index is 536. The largest absolute Gasteiger partial charge is 0.492 e. The molecule has 0 spiro atoms. The summed E-state index contributed by atoms with van der Waals surface area (Å²) < 4.78 is 25.2. The van der Waals surface area contributed by atoms with E-state index in [1.807, 2.05) is 13.0 Å². The molecule has 2 atom stereocenters. The molecule has 0 N–H and O–H groups in total. The van der Waals surface area contributed by atoms with Gasteiger partial charge in [0.1, 0.15) is 17.1 Å². The average molecular weight is 275 g/mol. The van der Waals surface area contributed by atoms with Gasteiger partial charge >= 0.3 is 0 Å². The van der Waals surface area contributed by atoms with E-state index >= 15 is 0 Å². The number of hydrogen-bond donors (Lipinski definition) is 0. The Labute approximate surface area is 118 Å². The fourth-order valence-corrected chi connectivity index (χ4v) is 3.18. The fraction of sp³-hybridized carbons (Fsp3) is 0.500. The van der Waals surface area contributed by atoms with E-state index in [0.717, 1.165) is 18.5 Å². The fourth-order valence-electron chi connectivity index (χ4n) is 3.18. The third-order valence-corrected chi connectivity index (χ3v) is 4.02. The first-order chi connectivity index (χ1) is 9.74. The van der Waals surface area contributed by atoms with Crippen molar-refractivity contribution in [3.8, 4) is 18.1 Å². The van der Waals surface area contributed by atoms with Gasteiger partial charge < -0.3 is 14.4 Å². The first-order valence-corrected chi connectivity index (χ1v) is 7.03. The minimum atomic E-state index is -0.389. The maximum atomic E-state index is 14.2. The van der Waals surface area contributed by atoms with Crippen LogP contribution in [0.3, 0.4) is 0 Å². The van der Waals surface area contributed by atoms with Gasteiger partial charge in [-0.2, -0.15) is 0 Å². The van der Waals surface area contributed by atoms with Gasteiger partial charge in [-0.25, -0.2) is 4.39 Å². The molecule has 2 aliphatic rings. The third kappa shape index (κ3) is 2.12. The Kier molecular flexibility index (Phi) is 3.54. The molecule has 0 aliphatic carbocycles. The summed E-state index contributed by atoms with van der Waals surface area (Å²) in [5, 5.41) is 0. The highest BCUT2D eigenvalue weighted by Gasteiger charge is 2.37. The van der Waals surface area contributed by atoms with Crippen LogP contribution >= 0.6 is 0 Å². The average Bonchev–Trinajstić information content (AvgIpc) is 2.68. The summed E-state index contributed by atoms with van der Waals surface area (Å²) in [4.78, 5) is 2.26. The highest BCUT2D eigenvalue weighted by molar-refractivity contribution is 5.60. The zero-order valence-corrected chi connectivity index (χ0v) is 11.6. The molecule has 0 radical (unpaired) electrons. The van der Waals surface area contributed by atoms with Crippen molar-refractivity contribution in [2.24, 2.45) is 0 Å². The summed E-state index contributed by atoms with van der Waals surface area (Å²) in [6.45, 7) is 3.74. The maximum absolute atomic E-state index is 14.2. The van der Waals surface area contributed by atoms with Gasteiger partial charge in [0.05, 0.1) is 31.9 Å². The Hall–Kier alpha value is -1.73. The second-order valence-corrected chi connectivity index (χ2v) is 5.21. The van der Waals surface area contributed by atoms with Crippen LogP contribution in [-0.4, -0.2) is 31.9 Å². The number of morpholine rings is 1. The number of benzene rings is 1. The summed E-state index contributed by atoms with van der Waals surface area (Å²) in [6, 6.07) is 4.05. The number of fused-ring (bicyclic) bond motifs is 2. The number of halogens is 1. The molecule has 1 aromatic carbocycles. The van der Waals surface area contributed by atoms with Crippen LogP contribution in [0.4, 0.5) is 10.1 Å². The zero-order valence-electron chi connectivity index (χ0n) is 11.6. The van der Waals surface area contributed by atoms with Crippen molar-refractivity contribution in [3.05, 3.63) is 23.5 Å². The number of nitrogens with zero attached hydrogens (tertiary/aromatic N) is 1. The van der Waals surface area contributed by atoms with E-state index < -0.39 is 0 Å². The standard InChI is InChI=1S/C16H18FNO2/c1-3-14-15(17)7-13(8-16(14)20-4-2)18-11-5-6-12(18)10-19-9-11/h1,7-8,11-12H,4-6,9-10H2,2H3. The molecule has 20 heavy (non-hydrogen) atoms. The third-order valence-electron chi connectivity index (χ3n) is 4.02. The van der Waals surface area contributed by atoms with Crippen LogP contribution in [0.1, 0.15) is 25.3 Å². The molecule has 106 valence electrons. The molecule has 2 fully saturated rings. The van der Waals surface area contributed by atoms with Gasteiger partial charge in [0, 0.05) is 11.8 Å². The second-order valence-electron chi connectivity index (χ2n) is 5.21. The number of anilines is 1. The summed E-state index contributed by atoms with van der Waals surface area (Å²) >= 11 is 0. The lowest BCUT2D eigenvalue weighted by atomic mass is 10.1. The Morgan fingerprint density at radius 2 is 2.10 bits per heavy atom. The van der Waals surface area contributed by atoms with Crippen molar-refractivity contribution in [3.63, 3.8) is 0 Å². The van der Waals surface area contributed by atoms with E-state index in [1.165, 1.54) is 6.07 Å². The smallest absolute Gasteiger partial charge is 0.144 e. The van der Waals surface area contributed by atoms with Crippen LogP contribution in [0.2, 0.25) is 0 Å². The van der Waals surface area contributed by atoms with E-state index in [2.05, 4.69) is 10.8 Å². The normalized spacial score (nSPS) is 24.6. The van der Waals surface area contributed by atoms with Gasteiger partial charge in [-0.05, 0) is 25.8 Å². The van der Waals surface area contributed by atoms with Crippen molar-refractivity contribution in [1.82, 2.24) is 0 Å². The predicted octanol–water partition coefficient (Wildman–Crippen LogP) is 2.57. The zero-order chi connectivity index (χ0) is 14.1. The molecule has 2 bridgehead atoms. The molecule has 2 saturated heterocycles. The SMILES string of the molecule is C#Cc1c(F)cc(N2C3CCC2COC3)cc1OCC. The number of hydrogen-bond acceptors (Lipinski definition) is 3. The highest BCUT2D eigenvalue weighted by Crippen LogP contribution is 2.37. The Morgan fingerprint density at radius 3 is 2.70 bits per heavy atom. The number of rotatable bonds is 3. The molecule has 0 aromatic heterocycles. The molecular formula is C16H18FNO2. The minimum Gasteiger partial charge on any atom is -0.492 e. The molecule has 2 unspecified atom stereocenters. The van der Waals surface area contributed by atoms with E-state index in [4.69, 9.17) is 15.9 Å². The summed E-state index contributed by atoms with van der Waals surface area (Å²) in [5.74, 6) is 2.44. The van der Waals surface area contributed by atoms with Crippen LogP contribution in [0.25, 0.3) is 0 Å². The van der Waals surface area contributed by atoms with E-state index in [-0.39, 0.29) is 11.4 Å². The Morgan fingerprint density at radius 1 is 1.40 bits per heavy atom. The first-order valence-electron chi connectivity index (χ1n) is 7.03. The van der Waals surface area contributed by atoms with Crippen molar-refractivity contribution < 1.29 is 13.9 Å². The van der Waals surface area contributed by atoms with Gasteiger partial charge in [0.25, 0.3) is 0 Å². The molecule has 1 aromatic rings. The second kappa shape index (κ2) is 5.34. The van der Waals surface area contributed by atoms with Crippen molar-refractivity contribution in [1.29, 1.82) is 0 Å². The first kappa shape index (κ1) is 13.3. The van der Waals surface area contributed by atoms with Crippen LogP contribution < -0.4 is 9.64 Å². The van der Waals surface area contributed by atoms with Crippen LogP contribution in [0.5, 0.6) is 5.75 Å². The molecule has 3 rings (SSSR count).